The molecule has 0 aromatic heterocycles. The number of likely N-dealkylation sites (N-methyl/N-ethyl adjacent to an activating group) is 1. The molecule has 0 aliphatic carbocycles. The summed E-state index contributed by atoms with van der Waals surface area (Å²) in [5.74, 6) is 0.900. The Kier molecular flexibility index (Phi) is 4.78. The molecule has 0 bridgehead atoms. The Bertz CT molecular complexity index is 451. The first kappa shape index (κ1) is 15.3. The number of methoxy groups -OCH3 is 2. The number of carbonyl (C=O) groups is 1. The number of amides is 1. The van der Waals surface area contributed by atoms with Crippen LogP contribution in [0.2, 0.25) is 0 Å². The number of ether oxygens (including phenoxy) is 2. The first-order valence-electron chi connectivity index (χ1n) is 5.98. The highest BCUT2D eigenvalue weighted by Gasteiger charge is 2.21. The summed E-state index contributed by atoms with van der Waals surface area (Å²) >= 11 is 0. The van der Waals surface area contributed by atoms with Crippen molar-refractivity contribution in [3.05, 3.63) is 23.8 Å². The lowest BCUT2D eigenvalue weighted by Crippen LogP contribution is -2.39. The van der Waals surface area contributed by atoms with Gasteiger partial charge in [-0.3, -0.25) is 4.79 Å². The fourth-order valence-electron chi connectivity index (χ4n) is 1.84. The summed E-state index contributed by atoms with van der Waals surface area (Å²) in [5.41, 5.74) is -0.439. The molecule has 19 heavy (non-hydrogen) atoms. The van der Waals surface area contributed by atoms with Gasteiger partial charge in [-0.15, -0.1) is 0 Å². The summed E-state index contributed by atoms with van der Waals surface area (Å²) in [6, 6.07) is 4.98. The SMILES string of the molecule is COc1ccc(C(=O)N(C)CC(C)(C)O)cc1OC. The van der Waals surface area contributed by atoms with E-state index >= 15 is 0 Å². The van der Waals surface area contributed by atoms with Gasteiger partial charge in [-0.05, 0) is 32.0 Å². The van der Waals surface area contributed by atoms with Gasteiger partial charge in [0.05, 0.1) is 19.8 Å². The van der Waals surface area contributed by atoms with Gasteiger partial charge < -0.3 is 19.5 Å². The molecule has 5 heteroatoms. The zero-order chi connectivity index (χ0) is 14.6. The van der Waals surface area contributed by atoms with E-state index < -0.39 is 5.60 Å². The third-order valence-electron chi connectivity index (χ3n) is 2.60. The molecule has 0 aliphatic heterocycles. The van der Waals surface area contributed by atoms with Crippen molar-refractivity contribution in [3.8, 4) is 11.5 Å². The van der Waals surface area contributed by atoms with Crippen molar-refractivity contribution >= 4 is 5.91 Å². The Morgan fingerprint density at radius 1 is 1.26 bits per heavy atom. The quantitative estimate of drug-likeness (QED) is 0.879. The van der Waals surface area contributed by atoms with Crippen molar-refractivity contribution in [2.75, 3.05) is 27.8 Å². The van der Waals surface area contributed by atoms with Gasteiger partial charge in [0, 0.05) is 19.2 Å². The maximum atomic E-state index is 12.2. The van der Waals surface area contributed by atoms with E-state index in [1.165, 1.54) is 12.0 Å². The van der Waals surface area contributed by atoms with Gasteiger partial charge in [-0.2, -0.15) is 0 Å². The molecule has 0 unspecified atom stereocenters. The number of hydrogen-bond donors (Lipinski definition) is 1. The highest BCUT2D eigenvalue weighted by atomic mass is 16.5. The largest absolute Gasteiger partial charge is 0.493 e. The van der Waals surface area contributed by atoms with Crippen molar-refractivity contribution in [3.63, 3.8) is 0 Å². The Labute approximate surface area is 113 Å². The molecule has 1 amide bonds. The maximum absolute atomic E-state index is 12.2. The van der Waals surface area contributed by atoms with E-state index in [9.17, 15) is 9.90 Å². The molecule has 0 fully saturated rings. The fraction of sp³-hybridized carbons (Fsp3) is 0.500. The normalized spacial score (nSPS) is 11.1. The molecule has 5 nitrogen and oxygen atoms in total. The van der Waals surface area contributed by atoms with E-state index in [1.807, 2.05) is 0 Å². The Hall–Kier alpha value is -1.75. The van der Waals surface area contributed by atoms with Crippen molar-refractivity contribution in [1.29, 1.82) is 0 Å². The van der Waals surface area contributed by atoms with E-state index in [0.29, 0.717) is 17.1 Å². The molecule has 1 N–H and O–H groups in total. The van der Waals surface area contributed by atoms with Gasteiger partial charge in [0.15, 0.2) is 11.5 Å². The lowest BCUT2D eigenvalue weighted by molar-refractivity contribution is 0.0367. The van der Waals surface area contributed by atoms with Crippen LogP contribution in [0, 0.1) is 0 Å². The molecule has 1 rings (SSSR count). The summed E-state index contributed by atoms with van der Waals surface area (Å²) in [4.78, 5) is 13.7. The summed E-state index contributed by atoms with van der Waals surface area (Å²) < 4.78 is 10.3. The first-order valence-corrected chi connectivity index (χ1v) is 5.98. The molecule has 0 radical (unpaired) electrons. The molecule has 1 aromatic rings. The first-order chi connectivity index (χ1) is 8.78. The van der Waals surface area contributed by atoms with E-state index in [0.717, 1.165) is 0 Å². The average Bonchev–Trinajstić information content (AvgIpc) is 2.34. The van der Waals surface area contributed by atoms with Crippen LogP contribution < -0.4 is 9.47 Å². The summed E-state index contributed by atoms with van der Waals surface area (Å²) in [7, 11) is 4.71. The second-order valence-corrected chi connectivity index (χ2v) is 5.04. The smallest absolute Gasteiger partial charge is 0.253 e. The van der Waals surface area contributed by atoms with Crippen LogP contribution >= 0.6 is 0 Å². The molecule has 0 heterocycles. The summed E-state index contributed by atoms with van der Waals surface area (Å²) in [6.45, 7) is 3.57. The van der Waals surface area contributed by atoms with Crippen molar-refractivity contribution in [2.24, 2.45) is 0 Å². The number of carbonyl (C=O) groups excluding carboxylic acids is 1. The topological polar surface area (TPSA) is 59.0 Å². The van der Waals surface area contributed by atoms with Gasteiger partial charge in [0.25, 0.3) is 5.91 Å². The van der Waals surface area contributed by atoms with E-state index in [-0.39, 0.29) is 12.5 Å². The number of hydrogen-bond acceptors (Lipinski definition) is 4. The van der Waals surface area contributed by atoms with E-state index in [4.69, 9.17) is 9.47 Å². The molecule has 0 atom stereocenters. The minimum absolute atomic E-state index is 0.178. The van der Waals surface area contributed by atoms with Crippen LogP contribution in [0.4, 0.5) is 0 Å². The highest BCUT2D eigenvalue weighted by molar-refractivity contribution is 5.94. The van der Waals surface area contributed by atoms with Crippen LogP contribution in [0.1, 0.15) is 24.2 Å². The molecule has 0 spiro atoms. The average molecular weight is 267 g/mol. The Balaban J connectivity index is 2.94. The molecule has 106 valence electrons. The summed E-state index contributed by atoms with van der Waals surface area (Å²) in [6.07, 6.45) is 0. The number of rotatable bonds is 5. The van der Waals surface area contributed by atoms with Crippen molar-refractivity contribution in [1.82, 2.24) is 4.90 Å². The highest BCUT2D eigenvalue weighted by Crippen LogP contribution is 2.28. The molecular formula is C14H21NO4. The Morgan fingerprint density at radius 2 is 1.84 bits per heavy atom. The van der Waals surface area contributed by atoms with E-state index in [1.54, 1.807) is 46.2 Å². The zero-order valence-corrected chi connectivity index (χ0v) is 12.1. The second kappa shape index (κ2) is 5.93. The van der Waals surface area contributed by atoms with Crippen LogP contribution in [0.15, 0.2) is 18.2 Å². The van der Waals surface area contributed by atoms with Crippen LogP contribution in [0.5, 0.6) is 11.5 Å². The third-order valence-corrected chi connectivity index (χ3v) is 2.60. The van der Waals surface area contributed by atoms with Crippen molar-refractivity contribution in [2.45, 2.75) is 19.4 Å². The molecule has 1 aromatic carbocycles. The van der Waals surface area contributed by atoms with Crippen LogP contribution in [-0.4, -0.2) is 49.3 Å². The number of nitrogens with zero attached hydrogens (tertiary/aromatic N) is 1. The van der Waals surface area contributed by atoms with Crippen LogP contribution in [-0.2, 0) is 0 Å². The third kappa shape index (κ3) is 4.13. The minimum atomic E-state index is -0.930. The lowest BCUT2D eigenvalue weighted by Gasteiger charge is -2.25. The molecular weight excluding hydrogens is 246 g/mol. The lowest BCUT2D eigenvalue weighted by atomic mass is 10.1. The molecule has 0 saturated carbocycles. The molecule has 0 aliphatic rings. The van der Waals surface area contributed by atoms with Crippen molar-refractivity contribution < 1.29 is 19.4 Å². The number of aliphatic hydroxyl groups is 1. The van der Waals surface area contributed by atoms with Gasteiger partial charge in [-0.25, -0.2) is 0 Å². The van der Waals surface area contributed by atoms with Gasteiger partial charge in [0.1, 0.15) is 0 Å². The maximum Gasteiger partial charge on any atom is 0.253 e. The predicted molar refractivity (Wildman–Crippen MR) is 72.8 cm³/mol. The zero-order valence-electron chi connectivity index (χ0n) is 12.1. The number of benzene rings is 1. The second-order valence-electron chi connectivity index (χ2n) is 5.04. The monoisotopic (exact) mass is 267 g/mol. The Morgan fingerprint density at radius 3 is 2.32 bits per heavy atom. The van der Waals surface area contributed by atoms with E-state index in [2.05, 4.69) is 0 Å². The molecule has 0 saturated heterocycles. The van der Waals surface area contributed by atoms with Crippen LogP contribution in [0.25, 0.3) is 0 Å². The standard InChI is InChI=1S/C14H21NO4/c1-14(2,17)9-15(3)13(16)10-6-7-11(18-4)12(8-10)19-5/h6-8,17H,9H2,1-5H3. The summed E-state index contributed by atoms with van der Waals surface area (Å²) in [5, 5.41) is 9.73. The van der Waals surface area contributed by atoms with Gasteiger partial charge in [0.2, 0.25) is 0 Å². The van der Waals surface area contributed by atoms with Crippen LogP contribution in [0.3, 0.4) is 0 Å². The fourth-order valence-corrected chi connectivity index (χ4v) is 1.84. The van der Waals surface area contributed by atoms with Gasteiger partial charge >= 0.3 is 0 Å². The van der Waals surface area contributed by atoms with Gasteiger partial charge in [-0.1, -0.05) is 0 Å². The predicted octanol–water partition coefficient (Wildman–Crippen LogP) is 1.55. The minimum Gasteiger partial charge on any atom is -0.493 e.